The number of nitrogens with zero attached hydrogens (tertiary/aromatic N) is 2. The van der Waals surface area contributed by atoms with Gasteiger partial charge in [-0.25, -0.2) is 10.8 Å². The molecule has 1 aliphatic rings. The van der Waals surface area contributed by atoms with Crippen LogP contribution < -0.4 is 27.5 Å². The average molecular weight is 358 g/mol. The summed E-state index contributed by atoms with van der Waals surface area (Å²) in [5.41, 5.74) is 15.8. The maximum absolute atomic E-state index is 12.6. The van der Waals surface area contributed by atoms with Crippen LogP contribution in [-0.2, 0) is 11.3 Å². The van der Waals surface area contributed by atoms with Crippen molar-refractivity contribution in [1.29, 1.82) is 0 Å². The number of pyridine rings is 1. The fourth-order valence-electron chi connectivity index (χ4n) is 2.68. The van der Waals surface area contributed by atoms with Crippen molar-refractivity contribution < 1.29 is 14.3 Å². The molecule has 0 saturated carbocycles. The van der Waals surface area contributed by atoms with Crippen LogP contribution in [0.25, 0.3) is 0 Å². The van der Waals surface area contributed by atoms with E-state index in [0.29, 0.717) is 37.6 Å². The van der Waals surface area contributed by atoms with Crippen molar-refractivity contribution in [3.05, 3.63) is 41.5 Å². The molecule has 1 aromatic heterocycles. The fourth-order valence-corrected chi connectivity index (χ4v) is 2.68. The summed E-state index contributed by atoms with van der Waals surface area (Å²) >= 11 is 0. The lowest BCUT2D eigenvalue weighted by atomic mass is 10.1. The minimum Gasteiger partial charge on any atom is -0.486 e. The van der Waals surface area contributed by atoms with Gasteiger partial charge in [-0.15, -0.1) is 0 Å². The monoisotopic (exact) mass is 358 g/mol. The molecule has 9 heteroatoms. The molecule has 26 heavy (non-hydrogen) atoms. The zero-order valence-electron chi connectivity index (χ0n) is 14.3. The Labute approximate surface area is 151 Å². The second-order valence-electron chi connectivity index (χ2n) is 5.85. The molecule has 0 unspecified atom stereocenters. The maximum Gasteiger partial charge on any atom is 0.254 e. The Morgan fingerprint density at radius 2 is 2.04 bits per heavy atom. The standard InChI is InChI=1S/C17H22N6O3/c18-14-9-13(15(19)16(21-14)22-20)26-10-11-2-1-3-12(8-11)17(24)23-4-6-25-7-5-23/h1-3,8-9H,4-7,10,19-20H2,(H3,18,21,22). The number of morpholine rings is 1. The SMILES string of the molecule is NNc1nc(N)cc(OCc2cccc(C(=O)N3CCOCC3)c2)c1N. The highest BCUT2D eigenvalue weighted by molar-refractivity contribution is 5.94. The summed E-state index contributed by atoms with van der Waals surface area (Å²) in [5, 5.41) is 0. The molecule has 1 aromatic carbocycles. The number of benzene rings is 1. The van der Waals surface area contributed by atoms with Crippen molar-refractivity contribution in [2.24, 2.45) is 5.84 Å². The van der Waals surface area contributed by atoms with Gasteiger partial charge in [0.15, 0.2) is 5.82 Å². The first kappa shape index (κ1) is 17.8. The molecule has 0 radical (unpaired) electrons. The first-order valence-corrected chi connectivity index (χ1v) is 8.20. The van der Waals surface area contributed by atoms with Crippen LogP contribution in [0.5, 0.6) is 5.75 Å². The van der Waals surface area contributed by atoms with Crippen molar-refractivity contribution >= 4 is 23.2 Å². The number of hydrogen-bond donors (Lipinski definition) is 4. The predicted molar refractivity (Wildman–Crippen MR) is 98.4 cm³/mol. The molecular weight excluding hydrogens is 336 g/mol. The van der Waals surface area contributed by atoms with E-state index in [-0.39, 0.29) is 29.8 Å². The number of nitrogen functional groups attached to an aromatic ring is 3. The van der Waals surface area contributed by atoms with Gasteiger partial charge in [0.05, 0.1) is 13.2 Å². The first-order valence-electron chi connectivity index (χ1n) is 8.20. The number of carbonyl (C=O) groups excluding carboxylic acids is 1. The molecule has 9 nitrogen and oxygen atoms in total. The lowest BCUT2D eigenvalue weighted by Crippen LogP contribution is -2.40. The van der Waals surface area contributed by atoms with Crippen LogP contribution in [-0.4, -0.2) is 42.1 Å². The summed E-state index contributed by atoms with van der Waals surface area (Å²) in [5.74, 6) is 6.20. The molecule has 0 aliphatic carbocycles. The molecule has 0 atom stereocenters. The van der Waals surface area contributed by atoms with Crippen molar-refractivity contribution in [2.45, 2.75) is 6.61 Å². The van der Waals surface area contributed by atoms with E-state index in [1.807, 2.05) is 12.1 Å². The average Bonchev–Trinajstić information content (AvgIpc) is 2.68. The van der Waals surface area contributed by atoms with Gasteiger partial charge in [-0.3, -0.25) is 4.79 Å². The smallest absolute Gasteiger partial charge is 0.254 e. The molecular formula is C17H22N6O3. The van der Waals surface area contributed by atoms with Crippen LogP contribution in [0.1, 0.15) is 15.9 Å². The van der Waals surface area contributed by atoms with E-state index in [1.165, 1.54) is 6.07 Å². The van der Waals surface area contributed by atoms with Crippen molar-refractivity contribution in [2.75, 3.05) is 43.2 Å². The number of nitrogens with one attached hydrogen (secondary N) is 1. The highest BCUT2D eigenvalue weighted by atomic mass is 16.5. The summed E-state index contributed by atoms with van der Waals surface area (Å²) in [6.45, 7) is 2.55. The zero-order chi connectivity index (χ0) is 18.5. The van der Waals surface area contributed by atoms with Gasteiger partial charge in [0.25, 0.3) is 5.91 Å². The summed E-state index contributed by atoms with van der Waals surface area (Å²) < 4.78 is 11.0. The van der Waals surface area contributed by atoms with E-state index in [2.05, 4.69) is 10.4 Å². The zero-order valence-corrected chi connectivity index (χ0v) is 14.3. The van der Waals surface area contributed by atoms with E-state index < -0.39 is 0 Å². The van der Waals surface area contributed by atoms with Crippen LogP contribution in [0, 0.1) is 0 Å². The molecule has 1 amide bonds. The van der Waals surface area contributed by atoms with Gasteiger partial charge in [-0.2, -0.15) is 0 Å². The van der Waals surface area contributed by atoms with Crippen LogP contribution >= 0.6 is 0 Å². The highest BCUT2D eigenvalue weighted by Gasteiger charge is 2.18. The molecule has 1 fully saturated rings. The van der Waals surface area contributed by atoms with Gasteiger partial charge in [0, 0.05) is 24.7 Å². The minimum absolute atomic E-state index is 0.0163. The number of aromatic nitrogens is 1. The van der Waals surface area contributed by atoms with Gasteiger partial charge in [-0.1, -0.05) is 12.1 Å². The van der Waals surface area contributed by atoms with E-state index in [4.69, 9.17) is 26.8 Å². The second-order valence-corrected chi connectivity index (χ2v) is 5.85. The molecule has 138 valence electrons. The number of nitrogens with two attached hydrogens (primary N) is 3. The summed E-state index contributed by atoms with van der Waals surface area (Å²) in [7, 11) is 0. The number of ether oxygens (including phenoxy) is 2. The van der Waals surface area contributed by atoms with E-state index in [0.717, 1.165) is 5.56 Å². The number of hydrazine groups is 1. The lowest BCUT2D eigenvalue weighted by Gasteiger charge is -2.27. The largest absolute Gasteiger partial charge is 0.486 e. The van der Waals surface area contributed by atoms with Crippen molar-refractivity contribution in [3.8, 4) is 5.75 Å². The summed E-state index contributed by atoms with van der Waals surface area (Å²) in [6, 6.07) is 8.82. The quantitative estimate of drug-likeness (QED) is 0.449. The molecule has 0 spiro atoms. The Balaban J connectivity index is 1.71. The lowest BCUT2D eigenvalue weighted by molar-refractivity contribution is 0.0303. The van der Waals surface area contributed by atoms with Gasteiger partial charge in [-0.05, 0) is 17.7 Å². The Morgan fingerprint density at radius 1 is 1.27 bits per heavy atom. The number of anilines is 3. The molecule has 3 rings (SSSR count). The van der Waals surface area contributed by atoms with Gasteiger partial charge in [0.1, 0.15) is 23.9 Å². The maximum atomic E-state index is 12.6. The Hall–Kier alpha value is -3.04. The Bertz CT molecular complexity index is 792. The van der Waals surface area contributed by atoms with E-state index in [1.54, 1.807) is 17.0 Å². The van der Waals surface area contributed by atoms with Gasteiger partial charge in [0.2, 0.25) is 0 Å². The van der Waals surface area contributed by atoms with Crippen molar-refractivity contribution in [3.63, 3.8) is 0 Å². The highest BCUT2D eigenvalue weighted by Crippen LogP contribution is 2.30. The topological polar surface area (TPSA) is 142 Å². The molecule has 1 aliphatic heterocycles. The number of rotatable bonds is 5. The number of carbonyl (C=O) groups is 1. The van der Waals surface area contributed by atoms with Crippen LogP contribution in [0.15, 0.2) is 30.3 Å². The third-order valence-corrected chi connectivity index (χ3v) is 4.04. The Morgan fingerprint density at radius 3 is 2.77 bits per heavy atom. The van der Waals surface area contributed by atoms with Gasteiger partial charge >= 0.3 is 0 Å². The summed E-state index contributed by atoms with van der Waals surface area (Å²) in [6.07, 6.45) is 0. The van der Waals surface area contributed by atoms with Crippen LogP contribution in [0.2, 0.25) is 0 Å². The third-order valence-electron chi connectivity index (χ3n) is 4.04. The molecule has 2 aromatic rings. The molecule has 1 saturated heterocycles. The normalized spacial score (nSPS) is 14.1. The number of amides is 1. The molecule has 0 bridgehead atoms. The van der Waals surface area contributed by atoms with E-state index >= 15 is 0 Å². The van der Waals surface area contributed by atoms with Crippen LogP contribution in [0.3, 0.4) is 0 Å². The van der Waals surface area contributed by atoms with Gasteiger partial charge < -0.3 is 31.3 Å². The van der Waals surface area contributed by atoms with E-state index in [9.17, 15) is 4.79 Å². The fraction of sp³-hybridized carbons (Fsp3) is 0.294. The Kier molecular flexibility index (Phi) is 5.40. The molecule has 7 N–H and O–H groups in total. The third kappa shape index (κ3) is 3.95. The minimum atomic E-state index is -0.0163. The number of hydrogen-bond acceptors (Lipinski definition) is 8. The second kappa shape index (κ2) is 7.89. The first-order chi connectivity index (χ1) is 12.6. The van der Waals surface area contributed by atoms with Crippen molar-refractivity contribution in [1.82, 2.24) is 9.88 Å². The predicted octanol–water partition coefficient (Wildman–Crippen LogP) is 0.583. The molecule has 2 heterocycles. The summed E-state index contributed by atoms with van der Waals surface area (Å²) in [4.78, 5) is 18.3. The van der Waals surface area contributed by atoms with Crippen LogP contribution in [0.4, 0.5) is 17.3 Å².